The highest BCUT2D eigenvalue weighted by Crippen LogP contribution is 2.29. The standard InChI is InChI=1S/C22H30N4O4/c1-5-23-22(25-13-12-24-21(28)17-8-6-7-9-19(17)27)26-15(2)18-14-16(29-3)10-11-20(18)30-4/h6-11,14-15,27H,5,12-13H2,1-4H3,(H,24,28)(H2,23,25,26). The quantitative estimate of drug-likeness (QED) is 0.285. The molecule has 2 aromatic carbocycles. The van der Waals surface area contributed by atoms with Crippen molar-refractivity contribution in [2.24, 2.45) is 4.99 Å². The Labute approximate surface area is 177 Å². The van der Waals surface area contributed by atoms with Crippen LogP contribution in [0.5, 0.6) is 17.2 Å². The summed E-state index contributed by atoms with van der Waals surface area (Å²) in [5.74, 6) is 1.73. The molecule has 0 saturated heterocycles. The van der Waals surface area contributed by atoms with E-state index in [9.17, 15) is 9.90 Å². The largest absolute Gasteiger partial charge is 0.507 e. The van der Waals surface area contributed by atoms with E-state index < -0.39 is 0 Å². The number of rotatable bonds is 9. The second-order valence-electron chi connectivity index (χ2n) is 6.51. The number of nitrogens with one attached hydrogen (secondary N) is 3. The highest BCUT2D eigenvalue weighted by atomic mass is 16.5. The van der Waals surface area contributed by atoms with Crippen molar-refractivity contribution in [1.29, 1.82) is 0 Å². The number of ether oxygens (including phenoxy) is 2. The molecule has 2 aromatic rings. The maximum atomic E-state index is 12.2. The van der Waals surface area contributed by atoms with E-state index in [2.05, 4.69) is 20.9 Å². The van der Waals surface area contributed by atoms with Crippen molar-refractivity contribution in [3.05, 3.63) is 53.6 Å². The number of phenols is 1. The maximum Gasteiger partial charge on any atom is 0.255 e. The molecule has 8 nitrogen and oxygen atoms in total. The number of aromatic hydroxyl groups is 1. The fraction of sp³-hybridized carbons (Fsp3) is 0.364. The molecular formula is C22H30N4O4. The van der Waals surface area contributed by atoms with Crippen LogP contribution in [0.15, 0.2) is 47.5 Å². The number of benzene rings is 2. The summed E-state index contributed by atoms with van der Waals surface area (Å²) in [5, 5.41) is 19.0. The van der Waals surface area contributed by atoms with E-state index in [1.165, 1.54) is 6.07 Å². The lowest BCUT2D eigenvalue weighted by Crippen LogP contribution is -2.39. The van der Waals surface area contributed by atoms with Gasteiger partial charge in [0.2, 0.25) is 0 Å². The first-order valence-corrected chi connectivity index (χ1v) is 9.83. The van der Waals surface area contributed by atoms with Gasteiger partial charge in [0.05, 0.1) is 32.4 Å². The van der Waals surface area contributed by atoms with Gasteiger partial charge in [0.25, 0.3) is 5.91 Å². The molecule has 0 aliphatic heterocycles. The highest BCUT2D eigenvalue weighted by Gasteiger charge is 2.14. The van der Waals surface area contributed by atoms with Gasteiger partial charge < -0.3 is 30.5 Å². The van der Waals surface area contributed by atoms with Crippen LogP contribution in [-0.2, 0) is 0 Å². The van der Waals surface area contributed by atoms with Crippen molar-refractivity contribution in [3.8, 4) is 17.2 Å². The van der Waals surface area contributed by atoms with E-state index in [-0.39, 0.29) is 23.3 Å². The first-order chi connectivity index (χ1) is 14.5. The number of methoxy groups -OCH3 is 2. The van der Waals surface area contributed by atoms with E-state index in [1.54, 1.807) is 32.4 Å². The van der Waals surface area contributed by atoms with Gasteiger partial charge in [-0.15, -0.1) is 0 Å². The minimum atomic E-state index is -0.337. The lowest BCUT2D eigenvalue weighted by Gasteiger charge is -2.21. The molecule has 1 atom stereocenters. The molecule has 0 aliphatic carbocycles. The van der Waals surface area contributed by atoms with Crippen molar-refractivity contribution in [1.82, 2.24) is 16.0 Å². The summed E-state index contributed by atoms with van der Waals surface area (Å²) in [4.78, 5) is 16.7. The predicted octanol–water partition coefficient (Wildman–Crippen LogP) is 2.46. The van der Waals surface area contributed by atoms with Crippen LogP contribution in [0.2, 0.25) is 0 Å². The average Bonchev–Trinajstić information content (AvgIpc) is 2.76. The summed E-state index contributed by atoms with van der Waals surface area (Å²) < 4.78 is 10.8. The Bertz CT molecular complexity index is 870. The monoisotopic (exact) mass is 414 g/mol. The first-order valence-electron chi connectivity index (χ1n) is 9.83. The zero-order chi connectivity index (χ0) is 21.9. The van der Waals surface area contributed by atoms with Gasteiger partial charge >= 0.3 is 0 Å². The third-order valence-electron chi connectivity index (χ3n) is 4.42. The Balaban J connectivity index is 1.99. The number of nitrogens with zero attached hydrogens (tertiary/aromatic N) is 1. The third kappa shape index (κ3) is 6.30. The topological polar surface area (TPSA) is 104 Å². The molecule has 0 aromatic heterocycles. The number of carbonyl (C=O) groups is 1. The highest BCUT2D eigenvalue weighted by molar-refractivity contribution is 5.96. The van der Waals surface area contributed by atoms with Crippen LogP contribution in [0.4, 0.5) is 0 Å². The van der Waals surface area contributed by atoms with Crippen LogP contribution < -0.4 is 25.4 Å². The summed E-state index contributed by atoms with van der Waals surface area (Å²) in [6.45, 7) is 5.38. The SMILES string of the molecule is CCNC(=NCCNC(=O)c1ccccc1O)NC(C)c1cc(OC)ccc1OC. The molecule has 0 saturated carbocycles. The number of guanidine groups is 1. The first kappa shape index (κ1) is 22.9. The van der Waals surface area contributed by atoms with Gasteiger partial charge in [0.1, 0.15) is 17.2 Å². The fourth-order valence-electron chi connectivity index (χ4n) is 2.88. The molecular weight excluding hydrogens is 384 g/mol. The molecule has 30 heavy (non-hydrogen) atoms. The van der Waals surface area contributed by atoms with Gasteiger partial charge in [0, 0.05) is 18.7 Å². The van der Waals surface area contributed by atoms with Gasteiger partial charge in [0.15, 0.2) is 5.96 Å². The molecule has 0 heterocycles. The van der Waals surface area contributed by atoms with Gasteiger partial charge in [-0.1, -0.05) is 12.1 Å². The maximum absolute atomic E-state index is 12.2. The predicted molar refractivity (Wildman–Crippen MR) is 118 cm³/mol. The van der Waals surface area contributed by atoms with Crippen LogP contribution in [0, 0.1) is 0 Å². The smallest absolute Gasteiger partial charge is 0.255 e. The third-order valence-corrected chi connectivity index (χ3v) is 4.42. The number of carbonyl (C=O) groups excluding carboxylic acids is 1. The van der Waals surface area contributed by atoms with Crippen LogP contribution in [0.3, 0.4) is 0 Å². The number of para-hydroxylation sites is 1. The van der Waals surface area contributed by atoms with Crippen molar-refractivity contribution in [3.63, 3.8) is 0 Å². The summed E-state index contributed by atoms with van der Waals surface area (Å²) in [5.41, 5.74) is 1.18. The summed E-state index contributed by atoms with van der Waals surface area (Å²) in [6, 6.07) is 12.0. The van der Waals surface area contributed by atoms with Crippen molar-refractivity contribution < 1.29 is 19.4 Å². The van der Waals surface area contributed by atoms with Gasteiger partial charge in [-0.3, -0.25) is 9.79 Å². The molecule has 0 fully saturated rings. The summed E-state index contributed by atoms with van der Waals surface area (Å²) in [7, 11) is 3.25. The lowest BCUT2D eigenvalue weighted by atomic mass is 10.1. The Morgan fingerprint density at radius 2 is 1.90 bits per heavy atom. The van der Waals surface area contributed by atoms with Crippen LogP contribution in [0.1, 0.15) is 35.8 Å². The Morgan fingerprint density at radius 1 is 1.13 bits per heavy atom. The Hall–Kier alpha value is -3.42. The van der Waals surface area contributed by atoms with Crippen molar-refractivity contribution in [2.75, 3.05) is 33.9 Å². The van der Waals surface area contributed by atoms with E-state index in [0.717, 1.165) is 17.1 Å². The molecule has 1 amide bonds. The lowest BCUT2D eigenvalue weighted by molar-refractivity contribution is 0.0952. The number of hydrogen-bond acceptors (Lipinski definition) is 5. The van der Waals surface area contributed by atoms with Crippen LogP contribution in [-0.4, -0.2) is 50.8 Å². The van der Waals surface area contributed by atoms with Gasteiger partial charge in [-0.2, -0.15) is 0 Å². The van der Waals surface area contributed by atoms with E-state index in [0.29, 0.717) is 25.6 Å². The Kier molecular flexibility index (Phi) is 8.80. The molecule has 2 rings (SSSR count). The average molecular weight is 415 g/mol. The van der Waals surface area contributed by atoms with Crippen LogP contribution >= 0.6 is 0 Å². The van der Waals surface area contributed by atoms with Gasteiger partial charge in [-0.05, 0) is 44.2 Å². The molecule has 8 heteroatoms. The number of phenolic OH excluding ortho intramolecular Hbond substituents is 1. The number of amides is 1. The minimum absolute atomic E-state index is 0.0467. The molecule has 0 aliphatic rings. The number of aliphatic imine (C=N–C) groups is 1. The van der Waals surface area contributed by atoms with Crippen LogP contribution in [0.25, 0.3) is 0 Å². The van der Waals surface area contributed by atoms with E-state index in [4.69, 9.17) is 9.47 Å². The normalized spacial score (nSPS) is 12.1. The van der Waals surface area contributed by atoms with E-state index in [1.807, 2.05) is 32.0 Å². The second kappa shape index (κ2) is 11.5. The molecule has 0 radical (unpaired) electrons. The fourth-order valence-corrected chi connectivity index (χ4v) is 2.88. The van der Waals surface area contributed by atoms with E-state index >= 15 is 0 Å². The summed E-state index contributed by atoms with van der Waals surface area (Å²) >= 11 is 0. The zero-order valence-corrected chi connectivity index (χ0v) is 17.9. The minimum Gasteiger partial charge on any atom is -0.507 e. The number of hydrogen-bond donors (Lipinski definition) is 4. The summed E-state index contributed by atoms with van der Waals surface area (Å²) in [6.07, 6.45) is 0. The van der Waals surface area contributed by atoms with Gasteiger partial charge in [-0.25, -0.2) is 0 Å². The molecule has 0 bridgehead atoms. The molecule has 4 N–H and O–H groups in total. The molecule has 1 unspecified atom stereocenters. The zero-order valence-electron chi connectivity index (χ0n) is 17.9. The van der Waals surface area contributed by atoms with Crippen molar-refractivity contribution >= 4 is 11.9 Å². The Morgan fingerprint density at radius 3 is 2.57 bits per heavy atom. The molecule has 0 spiro atoms. The molecule has 162 valence electrons. The van der Waals surface area contributed by atoms with Crippen molar-refractivity contribution in [2.45, 2.75) is 19.9 Å². The second-order valence-corrected chi connectivity index (χ2v) is 6.51.